The third-order valence-corrected chi connectivity index (χ3v) is 3.09. The molecular formula is C13H15N3S. The molecule has 0 aliphatic rings. The highest BCUT2D eigenvalue weighted by molar-refractivity contribution is 7.71. The van der Waals surface area contributed by atoms with Gasteiger partial charge in [0, 0.05) is 23.5 Å². The van der Waals surface area contributed by atoms with Gasteiger partial charge in [-0.1, -0.05) is 25.6 Å². The number of rotatable bonds is 3. The summed E-state index contributed by atoms with van der Waals surface area (Å²) in [5.74, 6) is 0. The first-order chi connectivity index (χ1) is 8.24. The van der Waals surface area contributed by atoms with Gasteiger partial charge in [0.1, 0.15) is 4.64 Å². The number of hydrogen-bond donors (Lipinski definition) is 1. The molecule has 0 atom stereocenters. The van der Waals surface area contributed by atoms with Crippen molar-refractivity contribution in [2.75, 3.05) is 0 Å². The van der Waals surface area contributed by atoms with Crippen LogP contribution < -0.4 is 0 Å². The Bertz CT molecular complexity index is 575. The van der Waals surface area contributed by atoms with Gasteiger partial charge in [-0.25, -0.2) is 4.98 Å². The number of H-pyrrole nitrogens is 1. The number of aryl methyl sites for hydroxylation is 1. The second kappa shape index (κ2) is 5.19. The van der Waals surface area contributed by atoms with E-state index in [-0.39, 0.29) is 0 Å². The number of nitrogens with one attached hydrogen (secondary N) is 1. The van der Waals surface area contributed by atoms with Crippen molar-refractivity contribution >= 4 is 12.2 Å². The Morgan fingerprint density at radius 3 is 2.94 bits per heavy atom. The van der Waals surface area contributed by atoms with E-state index >= 15 is 0 Å². The Labute approximate surface area is 106 Å². The van der Waals surface area contributed by atoms with E-state index in [1.807, 2.05) is 12.3 Å². The van der Waals surface area contributed by atoms with Crippen LogP contribution >= 0.6 is 12.2 Å². The van der Waals surface area contributed by atoms with Crippen molar-refractivity contribution in [3.05, 3.63) is 40.6 Å². The first kappa shape index (κ1) is 11.9. The molecule has 88 valence electrons. The maximum atomic E-state index is 5.30. The third kappa shape index (κ3) is 2.42. The third-order valence-electron chi connectivity index (χ3n) is 2.74. The van der Waals surface area contributed by atoms with Crippen LogP contribution in [0.1, 0.15) is 24.5 Å². The van der Waals surface area contributed by atoms with Crippen LogP contribution in [0.15, 0.2) is 24.8 Å². The van der Waals surface area contributed by atoms with Gasteiger partial charge in [0.25, 0.3) is 0 Å². The molecule has 0 aliphatic heterocycles. The van der Waals surface area contributed by atoms with E-state index in [1.54, 1.807) is 12.5 Å². The van der Waals surface area contributed by atoms with Crippen molar-refractivity contribution in [1.29, 1.82) is 0 Å². The SMILES string of the molecule is CCCc1c(-c2ccncc2C)[nH]cnc1=S. The molecule has 2 heterocycles. The average Bonchev–Trinajstić information content (AvgIpc) is 2.33. The van der Waals surface area contributed by atoms with Crippen LogP contribution in [-0.4, -0.2) is 15.0 Å². The Morgan fingerprint density at radius 2 is 2.24 bits per heavy atom. The van der Waals surface area contributed by atoms with Gasteiger partial charge in [-0.2, -0.15) is 0 Å². The van der Waals surface area contributed by atoms with Crippen LogP contribution in [-0.2, 0) is 6.42 Å². The lowest BCUT2D eigenvalue weighted by atomic mass is 10.0. The van der Waals surface area contributed by atoms with Crippen molar-refractivity contribution in [2.45, 2.75) is 26.7 Å². The summed E-state index contributed by atoms with van der Waals surface area (Å²) in [7, 11) is 0. The smallest absolute Gasteiger partial charge is 0.133 e. The predicted molar refractivity (Wildman–Crippen MR) is 71.4 cm³/mol. The van der Waals surface area contributed by atoms with Crippen LogP contribution in [0.25, 0.3) is 11.3 Å². The second-order valence-corrected chi connectivity index (χ2v) is 4.39. The van der Waals surface area contributed by atoms with Gasteiger partial charge in [0.05, 0.1) is 12.0 Å². The molecule has 0 amide bonds. The van der Waals surface area contributed by atoms with E-state index < -0.39 is 0 Å². The maximum absolute atomic E-state index is 5.30. The van der Waals surface area contributed by atoms with Crippen molar-refractivity contribution < 1.29 is 0 Å². The molecule has 2 aromatic heterocycles. The summed E-state index contributed by atoms with van der Waals surface area (Å²) in [6, 6.07) is 2.01. The molecule has 3 nitrogen and oxygen atoms in total. The van der Waals surface area contributed by atoms with Crippen molar-refractivity contribution in [3.8, 4) is 11.3 Å². The maximum Gasteiger partial charge on any atom is 0.133 e. The second-order valence-electron chi connectivity index (χ2n) is 4.00. The predicted octanol–water partition coefficient (Wildman–Crippen LogP) is 3.46. The van der Waals surface area contributed by atoms with Gasteiger partial charge < -0.3 is 4.98 Å². The molecule has 0 spiro atoms. The number of aromatic amines is 1. The number of aromatic nitrogens is 3. The van der Waals surface area contributed by atoms with Crippen LogP contribution in [0.2, 0.25) is 0 Å². The standard InChI is InChI=1S/C13H15N3S/c1-3-4-11-12(15-8-16-13(11)17)10-5-6-14-7-9(10)2/h5-8H,3-4H2,1-2H3,(H,15,16,17). The summed E-state index contributed by atoms with van der Waals surface area (Å²) in [5, 5.41) is 0. The van der Waals surface area contributed by atoms with Gasteiger partial charge in [0.15, 0.2) is 0 Å². The number of nitrogens with zero attached hydrogens (tertiary/aromatic N) is 2. The Morgan fingerprint density at radius 1 is 1.41 bits per heavy atom. The summed E-state index contributed by atoms with van der Waals surface area (Å²) in [6.45, 7) is 4.19. The molecule has 0 aromatic carbocycles. The fourth-order valence-corrected chi connectivity index (χ4v) is 2.16. The number of pyridine rings is 1. The van der Waals surface area contributed by atoms with Crippen LogP contribution in [0, 0.1) is 11.6 Å². The first-order valence-electron chi connectivity index (χ1n) is 5.71. The minimum absolute atomic E-state index is 0.691. The van der Waals surface area contributed by atoms with Crippen LogP contribution in [0.5, 0.6) is 0 Å². The molecule has 0 radical (unpaired) electrons. The molecule has 0 unspecified atom stereocenters. The van der Waals surface area contributed by atoms with Gasteiger partial charge in [-0.05, 0) is 25.0 Å². The van der Waals surface area contributed by atoms with E-state index in [0.29, 0.717) is 4.64 Å². The highest BCUT2D eigenvalue weighted by atomic mass is 32.1. The molecular weight excluding hydrogens is 230 g/mol. The lowest BCUT2D eigenvalue weighted by molar-refractivity contribution is 0.898. The molecule has 0 saturated heterocycles. The molecule has 2 aromatic rings. The molecule has 0 bridgehead atoms. The molecule has 0 fully saturated rings. The molecule has 1 N–H and O–H groups in total. The molecule has 2 rings (SSSR count). The Balaban J connectivity index is 2.63. The first-order valence-corrected chi connectivity index (χ1v) is 6.12. The Kier molecular flexibility index (Phi) is 3.64. The zero-order chi connectivity index (χ0) is 12.3. The van der Waals surface area contributed by atoms with E-state index in [2.05, 4.69) is 28.8 Å². The lowest BCUT2D eigenvalue weighted by Gasteiger charge is -2.10. The van der Waals surface area contributed by atoms with Gasteiger partial charge in [0.2, 0.25) is 0 Å². The topological polar surface area (TPSA) is 41.6 Å². The number of hydrogen-bond acceptors (Lipinski definition) is 3. The van der Waals surface area contributed by atoms with E-state index in [4.69, 9.17) is 12.2 Å². The molecule has 17 heavy (non-hydrogen) atoms. The highest BCUT2D eigenvalue weighted by Crippen LogP contribution is 2.24. The van der Waals surface area contributed by atoms with Gasteiger partial charge in [-0.3, -0.25) is 4.98 Å². The van der Waals surface area contributed by atoms with Crippen molar-refractivity contribution in [2.24, 2.45) is 0 Å². The van der Waals surface area contributed by atoms with Crippen LogP contribution in [0.4, 0.5) is 0 Å². The monoisotopic (exact) mass is 245 g/mol. The van der Waals surface area contributed by atoms with Crippen molar-refractivity contribution in [3.63, 3.8) is 0 Å². The summed E-state index contributed by atoms with van der Waals surface area (Å²) < 4.78 is 0.691. The summed E-state index contributed by atoms with van der Waals surface area (Å²) in [4.78, 5) is 11.5. The minimum Gasteiger partial charge on any atom is -0.346 e. The van der Waals surface area contributed by atoms with Gasteiger partial charge in [-0.15, -0.1) is 0 Å². The van der Waals surface area contributed by atoms with Gasteiger partial charge >= 0.3 is 0 Å². The quantitative estimate of drug-likeness (QED) is 0.842. The highest BCUT2D eigenvalue weighted by Gasteiger charge is 2.09. The zero-order valence-electron chi connectivity index (χ0n) is 10.0. The van der Waals surface area contributed by atoms with E-state index in [0.717, 1.165) is 35.2 Å². The lowest BCUT2D eigenvalue weighted by Crippen LogP contribution is -1.98. The molecule has 0 aliphatic carbocycles. The van der Waals surface area contributed by atoms with E-state index in [9.17, 15) is 0 Å². The zero-order valence-corrected chi connectivity index (χ0v) is 10.8. The van der Waals surface area contributed by atoms with E-state index in [1.165, 1.54) is 0 Å². The fraction of sp³-hybridized carbons (Fsp3) is 0.308. The molecule has 0 saturated carbocycles. The minimum atomic E-state index is 0.691. The molecule has 4 heteroatoms. The summed E-state index contributed by atoms with van der Waals surface area (Å²) >= 11 is 5.30. The summed E-state index contributed by atoms with van der Waals surface area (Å²) in [6.07, 6.45) is 7.33. The Hall–Kier alpha value is -1.55. The van der Waals surface area contributed by atoms with Crippen LogP contribution in [0.3, 0.4) is 0 Å². The van der Waals surface area contributed by atoms with Crippen molar-refractivity contribution in [1.82, 2.24) is 15.0 Å². The normalized spacial score (nSPS) is 10.5. The fourth-order valence-electron chi connectivity index (χ4n) is 1.90. The largest absolute Gasteiger partial charge is 0.346 e. The average molecular weight is 245 g/mol. The summed E-state index contributed by atoms with van der Waals surface area (Å²) in [5.41, 5.74) is 4.49.